The zero-order valence-corrected chi connectivity index (χ0v) is 11.7. The lowest BCUT2D eigenvalue weighted by Crippen LogP contribution is -2.37. The van der Waals surface area contributed by atoms with E-state index in [1.54, 1.807) is 11.9 Å². The fourth-order valence-corrected chi connectivity index (χ4v) is 2.33. The number of carbonyl (C=O) groups is 1. The number of rotatable bonds is 4. The van der Waals surface area contributed by atoms with Gasteiger partial charge in [-0.05, 0) is 29.7 Å². The normalized spacial score (nSPS) is 15.0. The van der Waals surface area contributed by atoms with Gasteiger partial charge in [-0.25, -0.2) is 0 Å². The number of hydrogen-bond donors (Lipinski definition) is 1. The van der Waals surface area contributed by atoms with Gasteiger partial charge in [-0.1, -0.05) is 13.8 Å². The lowest BCUT2D eigenvalue weighted by Gasteiger charge is -2.25. The van der Waals surface area contributed by atoms with Gasteiger partial charge in [0.2, 0.25) is 5.91 Å². The van der Waals surface area contributed by atoms with E-state index in [9.17, 15) is 9.90 Å². The number of carbonyl (C=O) groups excluding carboxylic acids is 1. The standard InChI is InChI=1S/C15H21NO3/c1-10(2)13(9-17)15(18)16(3)12-4-5-14-11(8-12)6-7-19-14/h4-5,8,10,13,17H,6-7,9H2,1-3H3. The van der Waals surface area contributed by atoms with Crippen molar-refractivity contribution < 1.29 is 14.6 Å². The SMILES string of the molecule is CC(C)C(CO)C(=O)N(C)c1ccc2c(c1)CCO2. The summed E-state index contributed by atoms with van der Waals surface area (Å²) in [7, 11) is 1.75. The van der Waals surface area contributed by atoms with E-state index in [0.29, 0.717) is 6.61 Å². The van der Waals surface area contributed by atoms with Crippen molar-refractivity contribution in [2.24, 2.45) is 11.8 Å². The van der Waals surface area contributed by atoms with Crippen LogP contribution in [0.25, 0.3) is 0 Å². The third-order valence-corrected chi connectivity index (χ3v) is 3.71. The number of aliphatic hydroxyl groups is 1. The molecule has 0 aliphatic carbocycles. The van der Waals surface area contributed by atoms with Crippen LogP contribution in [0.2, 0.25) is 0 Å². The molecule has 0 bridgehead atoms. The van der Waals surface area contributed by atoms with Gasteiger partial charge in [-0.3, -0.25) is 4.79 Å². The van der Waals surface area contributed by atoms with E-state index < -0.39 is 0 Å². The Balaban J connectivity index is 2.19. The van der Waals surface area contributed by atoms with Crippen molar-refractivity contribution in [1.82, 2.24) is 0 Å². The predicted molar refractivity (Wildman–Crippen MR) is 74.5 cm³/mol. The lowest BCUT2D eigenvalue weighted by atomic mass is 9.95. The summed E-state index contributed by atoms with van der Waals surface area (Å²) in [6, 6.07) is 5.79. The quantitative estimate of drug-likeness (QED) is 0.902. The first-order valence-electron chi connectivity index (χ1n) is 6.68. The molecule has 0 radical (unpaired) electrons. The van der Waals surface area contributed by atoms with Gasteiger partial charge in [0, 0.05) is 19.2 Å². The molecule has 0 spiro atoms. The van der Waals surface area contributed by atoms with Crippen molar-refractivity contribution in [1.29, 1.82) is 0 Å². The van der Waals surface area contributed by atoms with E-state index in [-0.39, 0.29) is 24.3 Å². The molecule has 1 aliphatic heterocycles. The Morgan fingerprint density at radius 2 is 2.21 bits per heavy atom. The molecule has 1 amide bonds. The Bertz CT molecular complexity index is 470. The highest BCUT2D eigenvalue weighted by atomic mass is 16.5. The minimum absolute atomic E-state index is 0.0450. The summed E-state index contributed by atoms with van der Waals surface area (Å²) < 4.78 is 5.46. The van der Waals surface area contributed by atoms with Gasteiger partial charge in [0.15, 0.2) is 0 Å². The number of anilines is 1. The number of ether oxygens (including phenoxy) is 1. The maximum atomic E-state index is 12.4. The third-order valence-electron chi connectivity index (χ3n) is 3.71. The molecular weight excluding hydrogens is 242 g/mol. The predicted octanol–water partition coefficient (Wildman–Crippen LogP) is 1.85. The van der Waals surface area contributed by atoms with Gasteiger partial charge in [0.1, 0.15) is 5.75 Å². The van der Waals surface area contributed by atoms with E-state index in [4.69, 9.17) is 4.74 Å². The molecule has 1 N–H and O–H groups in total. The van der Waals surface area contributed by atoms with Crippen molar-refractivity contribution >= 4 is 11.6 Å². The van der Waals surface area contributed by atoms with Gasteiger partial charge in [-0.15, -0.1) is 0 Å². The van der Waals surface area contributed by atoms with Crippen LogP contribution in [0.4, 0.5) is 5.69 Å². The van der Waals surface area contributed by atoms with Crippen molar-refractivity contribution in [2.45, 2.75) is 20.3 Å². The van der Waals surface area contributed by atoms with E-state index in [1.165, 1.54) is 0 Å². The van der Waals surface area contributed by atoms with E-state index >= 15 is 0 Å². The number of aliphatic hydroxyl groups excluding tert-OH is 1. The maximum absolute atomic E-state index is 12.4. The van der Waals surface area contributed by atoms with E-state index in [0.717, 1.165) is 23.4 Å². The molecular formula is C15H21NO3. The summed E-state index contributed by atoms with van der Waals surface area (Å²) >= 11 is 0. The minimum Gasteiger partial charge on any atom is -0.493 e. The Kier molecular flexibility index (Phi) is 4.10. The van der Waals surface area contributed by atoms with Gasteiger partial charge >= 0.3 is 0 Å². The van der Waals surface area contributed by atoms with Crippen LogP contribution in [-0.4, -0.2) is 31.3 Å². The van der Waals surface area contributed by atoms with E-state index in [2.05, 4.69) is 0 Å². The molecule has 104 valence electrons. The fourth-order valence-electron chi connectivity index (χ4n) is 2.33. The summed E-state index contributed by atoms with van der Waals surface area (Å²) in [6.45, 7) is 4.49. The fraction of sp³-hybridized carbons (Fsp3) is 0.533. The maximum Gasteiger partial charge on any atom is 0.232 e. The molecule has 1 heterocycles. The van der Waals surface area contributed by atoms with Crippen molar-refractivity contribution in [3.05, 3.63) is 23.8 Å². The molecule has 1 aromatic rings. The molecule has 0 aromatic heterocycles. The molecule has 1 atom stereocenters. The highest BCUT2D eigenvalue weighted by molar-refractivity contribution is 5.95. The van der Waals surface area contributed by atoms with Crippen LogP contribution in [0.1, 0.15) is 19.4 Å². The summed E-state index contributed by atoms with van der Waals surface area (Å²) in [4.78, 5) is 14.0. The van der Waals surface area contributed by atoms with Crippen LogP contribution in [0.15, 0.2) is 18.2 Å². The average Bonchev–Trinajstić information content (AvgIpc) is 2.85. The molecule has 2 rings (SSSR count). The zero-order chi connectivity index (χ0) is 14.0. The van der Waals surface area contributed by atoms with Gasteiger partial charge in [0.05, 0.1) is 19.1 Å². The molecule has 1 aromatic carbocycles. The third kappa shape index (κ3) is 2.73. The van der Waals surface area contributed by atoms with Crippen LogP contribution in [0.5, 0.6) is 5.75 Å². The van der Waals surface area contributed by atoms with Gasteiger partial charge in [0.25, 0.3) is 0 Å². The average molecular weight is 263 g/mol. The van der Waals surface area contributed by atoms with Crippen molar-refractivity contribution in [3.63, 3.8) is 0 Å². The van der Waals surface area contributed by atoms with Gasteiger partial charge in [-0.2, -0.15) is 0 Å². The van der Waals surface area contributed by atoms with Crippen LogP contribution >= 0.6 is 0 Å². The number of hydrogen-bond acceptors (Lipinski definition) is 3. The second-order valence-electron chi connectivity index (χ2n) is 5.32. The summed E-state index contributed by atoms with van der Waals surface area (Å²) in [5.41, 5.74) is 2.00. The molecule has 4 heteroatoms. The topological polar surface area (TPSA) is 49.8 Å². The largest absolute Gasteiger partial charge is 0.493 e. The molecule has 19 heavy (non-hydrogen) atoms. The monoisotopic (exact) mass is 263 g/mol. The van der Waals surface area contributed by atoms with E-state index in [1.807, 2.05) is 32.0 Å². The summed E-state index contributed by atoms with van der Waals surface area (Å²) in [5, 5.41) is 9.35. The number of nitrogens with zero attached hydrogens (tertiary/aromatic N) is 1. The number of fused-ring (bicyclic) bond motifs is 1. The number of amides is 1. The summed E-state index contributed by atoms with van der Waals surface area (Å²) in [6.07, 6.45) is 0.888. The first kappa shape index (κ1) is 13.9. The molecule has 0 fully saturated rings. The molecule has 0 saturated carbocycles. The van der Waals surface area contributed by atoms with Crippen LogP contribution in [-0.2, 0) is 11.2 Å². The highest BCUT2D eigenvalue weighted by Crippen LogP contribution is 2.30. The Morgan fingerprint density at radius 1 is 1.47 bits per heavy atom. The second-order valence-corrected chi connectivity index (χ2v) is 5.32. The van der Waals surface area contributed by atoms with Crippen LogP contribution < -0.4 is 9.64 Å². The summed E-state index contributed by atoms with van der Waals surface area (Å²) in [5.74, 6) is 0.635. The first-order chi connectivity index (χ1) is 9.04. The Hall–Kier alpha value is -1.55. The second kappa shape index (κ2) is 5.61. The van der Waals surface area contributed by atoms with Crippen LogP contribution in [0.3, 0.4) is 0 Å². The highest BCUT2D eigenvalue weighted by Gasteiger charge is 2.26. The smallest absolute Gasteiger partial charge is 0.232 e. The molecule has 1 aliphatic rings. The molecule has 1 unspecified atom stereocenters. The first-order valence-corrected chi connectivity index (χ1v) is 6.68. The molecule has 4 nitrogen and oxygen atoms in total. The van der Waals surface area contributed by atoms with Crippen LogP contribution in [0, 0.1) is 11.8 Å². The zero-order valence-electron chi connectivity index (χ0n) is 11.7. The van der Waals surface area contributed by atoms with Crippen molar-refractivity contribution in [2.75, 3.05) is 25.2 Å². The van der Waals surface area contributed by atoms with Crippen molar-refractivity contribution in [3.8, 4) is 5.75 Å². The van der Waals surface area contributed by atoms with Gasteiger partial charge < -0.3 is 14.7 Å². The lowest BCUT2D eigenvalue weighted by molar-refractivity contribution is -0.124. The minimum atomic E-state index is -0.352. The Labute approximate surface area is 114 Å². The Morgan fingerprint density at radius 3 is 2.84 bits per heavy atom. The number of benzene rings is 1. The molecule has 0 saturated heterocycles.